The Morgan fingerprint density at radius 1 is 1.11 bits per heavy atom. The molecule has 2 heterocycles. The van der Waals surface area contributed by atoms with Crippen molar-refractivity contribution in [3.63, 3.8) is 0 Å². The average Bonchev–Trinajstić information content (AvgIpc) is 3.12. The van der Waals surface area contributed by atoms with Gasteiger partial charge in [-0.1, -0.05) is 50.1 Å². The second-order valence-electron chi connectivity index (χ2n) is 7.54. The first kappa shape index (κ1) is 20.0. The van der Waals surface area contributed by atoms with Gasteiger partial charge in [0.25, 0.3) is 5.91 Å². The second kappa shape index (κ2) is 9.47. The van der Waals surface area contributed by atoms with Crippen molar-refractivity contribution in [2.45, 2.75) is 52.5 Å². The lowest BCUT2D eigenvalue weighted by molar-refractivity contribution is 0.0595. The maximum absolute atomic E-state index is 13.1. The molecule has 1 aliphatic rings. The molecule has 1 saturated heterocycles. The molecule has 3 rings (SSSR count). The molecule has 0 atom stereocenters. The number of hydrogen-bond donors (Lipinski definition) is 0. The van der Waals surface area contributed by atoms with Crippen molar-refractivity contribution in [2.75, 3.05) is 26.2 Å². The molecule has 1 amide bonds. The van der Waals surface area contributed by atoms with Crippen LogP contribution in [0.2, 0.25) is 0 Å². The smallest absolute Gasteiger partial charge is 0.282 e. The molecule has 0 saturated carbocycles. The number of aryl methyl sites for hydroxylation is 1. The summed E-state index contributed by atoms with van der Waals surface area (Å²) in [5, 5.41) is 0.651. The third kappa shape index (κ3) is 4.96. The number of benzene rings is 1. The number of hydrogen-bond acceptors (Lipinski definition) is 4. The minimum Gasteiger partial charge on any atom is -0.334 e. The SMILES string of the molecule is CCCCCc1sc(C(=O)N2CCN(C(C)C)CC2)nc1-c1ccccc1. The first-order valence-electron chi connectivity index (χ1n) is 10.2. The van der Waals surface area contributed by atoms with Crippen molar-refractivity contribution in [2.24, 2.45) is 0 Å². The quantitative estimate of drug-likeness (QED) is 0.648. The predicted octanol–water partition coefficient (Wildman–Crippen LogP) is 4.71. The van der Waals surface area contributed by atoms with Crippen LogP contribution in [-0.2, 0) is 6.42 Å². The van der Waals surface area contributed by atoms with Crippen LogP contribution in [0.4, 0.5) is 0 Å². The van der Waals surface area contributed by atoms with Gasteiger partial charge < -0.3 is 4.90 Å². The largest absolute Gasteiger partial charge is 0.334 e. The van der Waals surface area contributed by atoms with E-state index in [4.69, 9.17) is 4.98 Å². The van der Waals surface area contributed by atoms with Crippen molar-refractivity contribution in [3.05, 3.63) is 40.2 Å². The van der Waals surface area contributed by atoms with Crippen LogP contribution in [-0.4, -0.2) is 52.9 Å². The zero-order valence-corrected chi connectivity index (χ0v) is 17.6. The lowest BCUT2D eigenvalue weighted by Gasteiger charge is -2.36. The number of nitrogens with zero attached hydrogens (tertiary/aromatic N) is 3. The third-order valence-electron chi connectivity index (χ3n) is 5.27. The van der Waals surface area contributed by atoms with Crippen LogP contribution in [0.1, 0.15) is 54.7 Å². The van der Waals surface area contributed by atoms with Gasteiger partial charge in [0, 0.05) is 42.7 Å². The molecule has 5 heteroatoms. The van der Waals surface area contributed by atoms with Crippen LogP contribution in [0.3, 0.4) is 0 Å². The fourth-order valence-electron chi connectivity index (χ4n) is 3.55. The lowest BCUT2D eigenvalue weighted by Crippen LogP contribution is -2.50. The fraction of sp³-hybridized carbons (Fsp3) is 0.545. The van der Waals surface area contributed by atoms with Crippen LogP contribution in [0.15, 0.2) is 30.3 Å². The Balaban J connectivity index is 1.78. The number of carbonyl (C=O) groups excluding carboxylic acids is 1. The summed E-state index contributed by atoms with van der Waals surface area (Å²) < 4.78 is 0. The van der Waals surface area contributed by atoms with E-state index in [1.807, 2.05) is 23.1 Å². The molecule has 2 aromatic rings. The van der Waals surface area contributed by atoms with E-state index in [9.17, 15) is 4.79 Å². The van der Waals surface area contributed by atoms with Crippen molar-refractivity contribution in [1.82, 2.24) is 14.8 Å². The maximum Gasteiger partial charge on any atom is 0.282 e. The number of rotatable bonds is 7. The molecule has 1 aliphatic heterocycles. The van der Waals surface area contributed by atoms with Crippen LogP contribution >= 0.6 is 11.3 Å². The molecule has 0 radical (unpaired) electrons. The number of aromatic nitrogens is 1. The summed E-state index contributed by atoms with van der Waals surface area (Å²) in [5.74, 6) is 0.0994. The Hall–Kier alpha value is -1.72. The van der Waals surface area contributed by atoms with Crippen molar-refractivity contribution in [3.8, 4) is 11.3 Å². The highest BCUT2D eigenvalue weighted by Gasteiger charge is 2.26. The van der Waals surface area contributed by atoms with Gasteiger partial charge >= 0.3 is 0 Å². The fourth-order valence-corrected chi connectivity index (χ4v) is 4.64. The molecular formula is C22H31N3OS. The van der Waals surface area contributed by atoms with E-state index < -0.39 is 0 Å². The normalized spacial score (nSPS) is 15.5. The standard InChI is InChI=1S/C22H31N3OS/c1-4-5-7-12-19-20(18-10-8-6-9-11-18)23-21(27-19)22(26)25-15-13-24(14-16-25)17(2)3/h6,8-11,17H,4-5,7,12-16H2,1-3H3. The molecule has 0 unspecified atom stereocenters. The van der Waals surface area contributed by atoms with Gasteiger partial charge in [-0.05, 0) is 26.7 Å². The predicted molar refractivity (Wildman–Crippen MR) is 113 cm³/mol. The zero-order chi connectivity index (χ0) is 19.2. The second-order valence-corrected chi connectivity index (χ2v) is 8.62. The van der Waals surface area contributed by atoms with Gasteiger partial charge in [-0.3, -0.25) is 9.69 Å². The molecule has 27 heavy (non-hydrogen) atoms. The number of carbonyl (C=O) groups is 1. The minimum atomic E-state index is 0.0994. The Morgan fingerprint density at radius 2 is 1.81 bits per heavy atom. The molecule has 1 aromatic carbocycles. The van der Waals surface area contributed by atoms with Gasteiger partial charge in [0.1, 0.15) is 0 Å². The minimum absolute atomic E-state index is 0.0994. The van der Waals surface area contributed by atoms with Gasteiger partial charge in [0.2, 0.25) is 0 Å². The highest BCUT2D eigenvalue weighted by molar-refractivity contribution is 7.14. The van der Waals surface area contributed by atoms with Crippen molar-refractivity contribution in [1.29, 1.82) is 0 Å². The number of amides is 1. The number of piperazine rings is 1. The summed E-state index contributed by atoms with van der Waals surface area (Å²) in [7, 11) is 0. The highest BCUT2D eigenvalue weighted by Crippen LogP contribution is 2.30. The summed E-state index contributed by atoms with van der Waals surface area (Å²) in [4.78, 5) is 23.5. The molecule has 1 aromatic heterocycles. The van der Waals surface area contributed by atoms with Gasteiger partial charge in [0.15, 0.2) is 5.01 Å². The molecule has 1 fully saturated rings. The van der Waals surface area contributed by atoms with Crippen LogP contribution in [0, 0.1) is 0 Å². The molecule has 0 spiro atoms. The molecule has 0 N–H and O–H groups in total. The lowest BCUT2D eigenvalue weighted by atomic mass is 10.1. The van der Waals surface area contributed by atoms with Crippen LogP contribution in [0.5, 0.6) is 0 Å². The van der Waals surface area contributed by atoms with E-state index in [0.717, 1.165) is 50.3 Å². The Labute approximate surface area is 167 Å². The summed E-state index contributed by atoms with van der Waals surface area (Å²) in [6.45, 7) is 10.1. The first-order chi connectivity index (χ1) is 13.1. The van der Waals surface area contributed by atoms with Gasteiger partial charge in [-0.2, -0.15) is 0 Å². The van der Waals surface area contributed by atoms with Gasteiger partial charge in [-0.15, -0.1) is 11.3 Å². The third-order valence-corrected chi connectivity index (χ3v) is 6.37. The monoisotopic (exact) mass is 385 g/mol. The van der Waals surface area contributed by atoms with E-state index >= 15 is 0 Å². The number of unbranched alkanes of at least 4 members (excludes halogenated alkanes) is 2. The summed E-state index contributed by atoms with van der Waals surface area (Å²) in [6, 6.07) is 10.8. The first-order valence-corrected chi connectivity index (χ1v) is 11.0. The van der Waals surface area contributed by atoms with Crippen LogP contribution in [0.25, 0.3) is 11.3 Å². The van der Waals surface area contributed by atoms with Crippen molar-refractivity contribution >= 4 is 17.2 Å². The summed E-state index contributed by atoms with van der Waals surface area (Å²) in [6.07, 6.45) is 4.57. The Kier molecular flexibility index (Phi) is 7.02. The van der Waals surface area contributed by atoms with E-state index in [1.165, 1.54) is 17.7 Å². The summed E-state index contributed by atoms with van der Waals surface area (Å²) >= 11 is 1.60. The Bertz CT molecular complexity index is 733. The van der Waals surface area contributed by atoms with E-state index in [-0.39, 0.29) is 5.91 Å². The zero-order valence-electron chi connectivity index (χ0n) is 16.8. The van der Waals surface area contributed by atoms with E-state index in [2.05, 4.69) is 37.8 Å². The maximum atomic E-state index is 13.1. The average molecular weight is 386 g/mol. The topological polar surface area (TPSA) is 36.4 Å². The highest BCUT2D eigenvalue weighted by atomic mass is 32.1. The summed E-state index contributed by atoms with van der Waals surface area (Å²) in [5.41, 5.74) is 2.12. The Morgan fingerprint density at radius 3 is 2.44 bits per heavy atom. The molecule has 0 aliphatic carbocycles. The van der Waals surface area contributed by atoms with Crippen molar-refractivity contribution < 1.29 is 4.79 Å². The van der Waals surface area contributed by atoms with Gasteiger partial charge in [0.05, 0.1) is 5.69 Å². The number of thiazole rings is 1. The molecule has 146 valence electrons. The molecule has 4 nitrogen and oxygen atoms in total. The van der Waals surface area contributed by atoms with Gasteiger partial charge in [-0.25, -0.2) is 4.98 Å². The van der Waals surface area contributed by atoms with E-state index in [1.54, 1.807) is 11.3 Å². The van der Waals surface area contributed by atoms with Crippen LogP contribution < -0.4 is 0 Å². The molecular weight excluding hydrogens is 354 g/mol. The van der Waals surface area contributed by atoms with E-state index in [0.29, 0.717) is 11.0 Å². The molecule has 0 bridgehead atoms.